The van der Waals surface area contributed by atoms with Gasteiger partial charge in [-0.15, -0.1) is 0 Å². The zero-order valence-corrected chi connectivity index (χ0v) is 11.5. The lowest BCUT2D eigenvalue weighted by atomic mass is 10.1. The molecule has 21 heavy (non-hydrogen) atoms. The second-order valence-corrected chi connectivity index (χ2v) is 4.59. The molecule has 1 aromatic carbocycles. The van der Waals surface area contributed by atoms with Crippen molar-refractivity contribution < 1.29 is 9.53 Å². The first kappa shape index (κ1) is 13.1. The third kappa shape index (κ3) is 2.69. The summed E-state index contributed by atoms with van der Waals surface area (Å²) in [5.74, 6) is 0.718. The van der Waals surface area contributed by atoms with Crippen LogP contribution < -0.4 is 4.74 Å². The van der Waals surface area contributed by atoms with Gasteiger partial charge in [-0.25, -0.2) is 0 Å². The highest BCUT2D eigenvalue weighted by atomic mass is 16.5. The number of allylic oxidation sites excluding steroid dienone is 1. The number of carbonyl (C=O) groups excluding carboxylic acids is 1. The van der Waals surface area contributed by atoms with Gasteiger partial charge in [-0.3, -0.25) is 9.78 Å². The average Bonchev–Trinajstić information content (AvgIpc) is 2.95. The number of benzene rings is 1. The van der Waals surface area contributed by atoms with E-state index in [9.17, 15) is 4.79 Å². The molecule has 0 saturated carbocycles. The number of aromatic amines is 1. The maximum atomic E-state index is 12.0. The number of nitrogens with one attached hydrogen (secondary N) is 1. The molecule has 1 N–H and O–H groups in total. The van der Waals surface area contributed by atoms with Crippen LogP contribution in [0.5, 0.6) is 5.75 Å². The Balaban J connectivity index is 1.91. The van der Waals surface area contributed by atoms with Crippen molar-refractivity contribution in [1.82, 2.24) is 9.97 Å². The molecule has 4 nitrogen and oxygen atoms in total. The van der Waals surface area contributed by atoms with E-state index in [0.717, 1.165) is 22.2 Å². The third-order valence-corrected chi connectivity index (χ3v) is 3.28. The zero-order valence-electron chi connectivity index (χ0n) is 11.5. The van der Waals surface area contributed by atoms with E-state index in [0.29, 0.717) is 5.56 Å². The van der Waals surface area contributed by atoms with Crippen molar-refractivity contribution in [2.75, 3.05) is 7.11 Å². The molecule has 2 heterocycles. The molecule has 0 aliphatic rings. The van der Waals surface area contributed by atoms with Gasteiger partial charge in [0.15, 0.2) is 5.78 Å². The fourth-order valence-corrected chi connectivity index (χ4v) is 2.16. The van der Waals surface area contributed by atoms with Crippen molar-refractivity contribution in [2.24, 2.45) is 0 Å². The van der Waals surface area contributed by atoms with Gasteiger partial charge in [-0.05, 0) is 42.5 Å². The molecule has 0 amide bonds. The van der Waals surface area contributed by atoms with E-state index in [-0.39, 0.29) is 5.78 Å². The van der Waals surface area contributed by atoms with Crippen LogP contribution in [0.15, 0.2) is 55.0 Å². The maximum Gasteiger partial charge on any atom is 0.187 e. The predicted molar refractivity (Wildman–Crippen MR) is 82.5 cm³/mol. The molecule has 0 bridgehead atoms. The largest absolute Gasteiger partial charge is 0.497 e. The Hall–Kier alpha value is -2.88. The monoisotopic (exact) mass is 278 g/mol. The molecule has 0 spiro atoms. The Kier molecular flexibility index (Phi) is 3.51. The number of H-pyrrole nitrogens is 1. The fraction of sp³-hybridized carbons (Fsp3) is 0.0588. The van der Waals surface area contributed by atoms with Crippen molar-refractivity contribution in [3.05, 3.63) is 66.1 Å². The summed E-state index contributed by atoms with van der Waals surface area (Å²) in [6.45, 7) is 0. The summed E-state index contributed by atoms with van der Waals surface area (Å²) in [4.78, 5) is 19.2. The summed E-state index contributed by atoms with van der Waals surface area (Å²) in [7, 11) is 1.63. The van der Waals surface area contributed by atoms with E-state index in [4.69, 9.17) is 4.74 Å². The molecule has 0 radical (unpaired) electrons. The lowest BCUT2D eigenvalue weighted by Gasteiger charge is -1.99. The summed E-state index contributed by atoms with van der Waals surface area (Å²) < 4.78 is 5.23. The number of ether oxygens (including phenoxy) is 1. The first-order valence-corrected chi connectivity index (χ1v) is 6.55. The summed E-state index contributed by atoms with van der Waals surface area (Å²) in [5.41, 5.74) is 2.52. The van der Waals surface area contributed by atoms with Gasteiger partial charge in [-0.2, -0.15) is 0 Å². The minimum absolute atomic E-state index is 0.0691. The van der Waals surface area contributed by atoms with Gasteiger partial charge in [-0.1, -0.05) is 0 Å². The van der Waals surface area contributed by atoms with Gasteiger partial charge < -0.3 is 9.72 Å². The first-order chi connectivity index (χ1) is 10.3. The van der Waals surface area contributed by atoms with Gasteiger partial charge >= 0.3 is 0 Å². The smallest absolute Gasteiger partial charge is 0.187 e. The average molecular weight is 278 g/mol. The van der Waals surface area contributed by atoms with E-state index < -0.39 is 0 Å². The summed E-state index contributed by atoms with van der Waals surface area (Å²) in [5, 5.41) is 1.02. The molecule has 0 atom stereocenters. The molecule has 0 saturated heterocycles. The second kappa shape index (κ2) is 5.63. The normalized spacial score (nSPS) is 11.1. The van der Waals surface area contributed by atoms with Gasteiger partial charge in [0.2, 0.25) is 0 Å². The number of rotatable bonds is 4. The number of methoxy groups -OCH3 is 1. The topological polar surface area (TPSA) is 55.0 Å². The predicted octanol–water partition coefficient (Wildman–Crippen LogP) is 3.47. The van der Waals surface area contributed by atoms with Gasteiger partial charge in [0.1, 0.15) is 5.75 Å². The Morgan fingerprint density at radius 2 is 2.24 bits per heavy atom. The van der Waals surface area contributed by atoms with Crippen LogP contribution in [0.4, 0.5) is 0 Å². The highest BCUT2D eigenvalue weighted by Crippen LogP contribution is 2.24. The number of fused-ring (bicyclic) bond motifs is 1. The van der Waals surface area contributed by atoms with E-state index >= 15 is 0 Å². The molecule has 0 aliphatic heterocycles. The zero-order chi connectivity index (χ0) is 14.7. The van der Waals surface area contributed by atoms with E-state index in [1.54, 1.807) is 43.8 Å². The number of pyridine rings is 1. The lowest BCUT2D eigenvalue weighted by molar-refractivity contribution is 0.104. The summed E-state index contributed by atoms with van der Waals surface area (Å²) in [6.07, 6.45) is 8.43. The standard InChI is InChI=1S/C17H14N2O2/c1-21-14-5-6-16-15(9-14)12(11-19-16)4-7-17(20)13-3-2-8-18-10-13/h2-11,19H,1H3/b7-4+. The lowest BCUT2D eigenvalue weighted by Crippen LogP contribution is -1.93. The Morgan fingerprint density at radius 3 is 3.00 bits per heavy atom. The number of hydrogen-bond acceptors (Lipinski definition) is 3. The van der Waals surface area contributed by atoms with Crippen molar-refractivity contribution in [3.63, 3.8) is 0 Å². The quantitative estimate of drug-likeness (QED) is 0.587. The highest BCUT2D eigenvalue weighted by molar-refractivity contribution is 6.07. The van der Waals surface area contributed by atoms with Crippen molar-refractivity contribution in [2.45, 2.75) is 0 Å². The third-order valence-electron chi connectivity index (χ3n) is 3.28. The minimum Gasteiger partial charge on any atom is -0.497 e. The minimum atomic E-state index is -0.0691. The number of aromatic nitrogens is 2. The number of hydrogen-bond donors (Lipinski definition) is 1. The molecule has 104 valence electrons. The van der Waals surface area contributed by atoms with Crippen LogP contribution in [-0.2, 0) is 0 Å². The first-order valence-electron chi connectivity index (χ1n) is 6.55. The highest BCUT2D eigenvalue weighted by Gasteiger charge is 2.04. The molecule has 3 rings (SSSR count). The number of nitrogens with zero attached hydrogens (tertiary/aromatic N) is 1. The van der Waals surface area contributed by atoms with Crippen LogP contribution in [0.25, 0.3) is 17.0 Å². The van der Waals surface area contributed by atoms with Crippen molar-refractivity contribution in [3.8, 4) is 5.75 Å². The van der Waals surface area contributed by atoms with Gasteiger partial charge in [0.25, 0.3) is 0 Å². The van der Waals surface area contributed by atoms with Gasteiger partial charge in [0, 0.05) is 40.6 Å². The molecular formula is C17H14N2O2. The SMILES string of the molecule is COc1ccc2[nH]cc(/C=C/C(=O)c3cccnc3)c2c1. The molecule has 0 unspecified atom stereocenters. The molecular weight excluding hydrogens is 264 g/mol. The van der Waals surface area contributed by atoms with Gasteiger partial charge in [0.05, 0.1) is 7.11 Å². The van der Waals surface area contributed by atoms with E-state index in [2.05, 4.69) is 9.97 Å². The summed E-state index contributed by atoms with van der Waals surface area (Å²) >= 11 is 0. The van der Waals surface area contributed by atoms with Crippen LogP contribution in [0.2, 0.25) is 0 Å². The maximum absolute atomic E-state index is 12.0. The van der Waals surface area contributed by atoms with E-state index in [1.807, 2.05) is 24.4 Å². The molecule has 0 fully saturated rings. The van der Waals surface area contributed by atoms with Crippen LogP contribution >= 0.6 is 0 Å². The second-order valence-electron chi connectivity index (χ2n) is 4.59. The van der Waals surface area contributed by atoms with Crippen LogP contribution in [-0.4, -0.2) is 22.9 Å². The molecule has 4 heteroatoms. The van der Waals surface area contributed by atoms with Crippen LogP contribution in [0.3, 0.4) is 0 Å². The summed E-state index contributed by atoms with van der Waals surface area (Å²) in [6, 6.07) is 9.29. The number of ketones is 1. The van der Waals surface area contributed by atoms with Crippen LogP contribution in [0.1, 0.15) is 15.9 Å². The molecule has 0 aliphatic carbocycles. The fourth-order valence-electron chi connectivity index (χ4n) is 2.16. The Morgan fingerprint density at radius 1 is 1.33 bits per heavy atom. The van der Waals surface area contributed by atoms with E-state index in [1.165, 1.54) is 0 Å². The Bertz CT molecular complexity index is 804. The van der Waals surface area contributed by atoms with Crippen LogP contribution in [0, 0.1) is 0 Å². The molecule has 3 aromatic rings. The van der Waals surface area contributed by atoms with Crippen molar-refractivity contribution >= 4 is 22.8 Å². The van der Waals surface area contributed by atoms with Crippen molar-refractivity contribution in [1.29, 1.82) is 0 Å². The Labute approximate surface area is 122 Å². The number of carbonyl (C=O) groups is 1. The molecule has 2 aromatic heterocycles.